The number of furan rings is 1. The molecule has 0 amide bonds. The van der Waals surface area contributed by atoms with Crippen molar-refractivity contribution in [2.45, 2.75) is 20.0 Å². The molecule has 0 aliphatic carbocycles. The van der Waals surface area contributed by atoms with Gasteiger partial charge in [0, 0.05) is 16.0 Å². The summed E-state index contributed by atoms with van der Waals surface area (Å²) in [7, 11) is 0. The van der Waals surface area contributed by atoms with Crippen molar-refractivity contribution in [1.82, 2.24) is 9.66 Å². The average molecular weight is 537 g/mol. The molecule has 0 spiro atoms. The molecule has 0 fully saturated rings. The van der Waals surface area contributed by atoms with Crippen LogP contribution in [0.1, 0.15) is 19.4 Å². The molecule has 5 rings (SSSR count). The van der Waals surface area contributed by atoms with E-state index < -0.39 is 0 Å². The maximum absolute atomic E-state index is 13.5. The first-order valence-electron chi connectivity index (χ1n) is 10.6. The van der Waals surface area contributed by atoms with Crippen LogP contribution in [0.4, 0.5) is 0 Å². The molecule has 0 bridgehead atoms. The number of fused-ring (bicyclic) bond motifs is 2. The predicted octanol–water partition coefficient (Wildman–Crippen LogP) is 6.90. The molecule has 0 atom stereocenters. The molecule has 34 heavy (non-hydrogen) atoms. The van der Waals surface area contributed by atoms with Crippen molar-refractivity contribution in [2.75, 3.05) is 0 Å². The van der Waals surface area contributed by atoms with Gasteiger partial charge in [-0.25, -0.2) is 4.98 Å². The van der Waals surface area contributed by atoms with Crippen LogP contribution in [0.15, 0.2) is 85.5 Å². The smallest absolute Gasteiger partial charge is 0.282 e. The standard InChI is InChI=1S/C26H19BrClN3O3/c1-15(2)33-24-17(11-18(28)13-20(24)27)14-29-31-25(23-12-16-7-3-6-10-22(16)34-23)30-21-9-5-4-8-19(21)26(31)32/h3-15H,1-2H3. The fourth-order valence-corrected chi connectivity index (χ4v) is 4.57. The van der Waals surface area contributed by atoms with Crippen LogP contribution in [0.25, 0.3) is 33.5 Å². The lowest BCUT2D eigenvalue weighted by molar-refractivity contribution is 0.240. The zero-order valence-electron chi connectivity index (χ0n) is 18.3. The van der Waals surface area contributed by atoms with E-state index in [-0.39, 0.29) is 11.7 Å². The van der Waals surface area contributed by atoms with Crippen molar-refractivity contribution in [3.63, 3.8) is 0 Å². The Morgan fingerprint density at radius 1 is 1.12 bits per heavy atom. The molecule has 2 aromatic heterocycles. The molecule has 0 N–H and O–H groups in total. The second-order valence-corrected chi connectivity index (χ2v) is 9.23. The Kier molecular flexibility index (Phi) is 5.98. The molecule has 0 saturated heterocycles. The van der Waals surface area contributed by atoms with Gasteiger partial charge in [0.15, 0.2) is 5.76 Å². The fourth-order valence-electron chi connectivity index (χ4n) is 3.64. The first-order chi connectivity index (χ1) is 16.4. The van der Waals surface area contributed by atoms with Crippen LogP contribution < -0.4 is 10.3 Å². The van der Waals surface area contributed by atoms with Gasteiger partial charge in [0.2, 0.25) is 5.82 Å². The Labute approximate surface area is 208 Å². The Morgan fingerprint density at radius 2 is 1.88 bits per heavy atom. The SMILES string of the molecule is CC(C)Oc1c(Br)cc(Cl)cc1C=Nn1c(-c2cc3ccccc3o2)nc2ccccc2c1=O. The van der Waals surface area contributed by atoms with Crippen LogP contribution >= 0.6 is 27.5 Å². The summed E-state index contributed by atoms with van der Waals surface area (Å²) in [5.41, 5.74) is 1.55. The summed E-state index contributed by atoms with van der Waals surface area (Å²) in [6, 6.07) is 20.1. The van der Waals surface area contributed by atoms with E-state index in [0.29, 0.717) is 48.9 Å². The monoisotopic (exact) mass is 535 g/mol. The largest absolute Gasteiger partial charge is 0.489 e. The molecule has 170 valence electrons. The van der Waals surface area contributed by atoms with Crippen molar-refractivity contribution in [1.29, 1.82) is 0 Å². The third-order valence-electron chi connectivity index (χ3n) is 5.10. The summed E-state index contributed by atoms with van der Waals surface area (Å²) >= 11 is 9.78. The van der Waals surface area contributed by atoms with Crippen LogP contribution in [0.2, 0.25) is 5.02 Å². The lowest BCUT2D eigenvalue weighted by atomic mass is 10.2. The zero-order chi connectivity index (χ0) is 23.8. The van der Waals surface area contributed by atoms with Crippen molar-refractivity contribution < 1.29 is 9.15 Å². The zero-order valence-corrected chi connectivity index (χ0v) is 20.7. The molecule has 0 unspecified atom stereocenters. The summed E-state index contributed by atoms with van der Waals surface area (Å²) in [6.45, 7) is 3.86. The third kappa shape index (κ3) is 4.24. The van der Waals surface area contributed by atoms with Crippen molar-refractivity contribution >= 4 is 55.6 Å². The highest BCUT2D eigenvalue weighted by Crippen LogP contribution is 2.33. The Morgan fingerprint density at radius 3 is 2.68 bits per heavy atom. The van der Waals surface area contributed by atoms with E-state index in [1.807, 2.05) is 50.2 Å². The number of nitrogens with zero attached hydrogens (tertiary/aromatic N) is 3. The lowest BCUT2D eigenvalue weighted by Crippen LogP contribution is -2.20. The highest BCUT2D eigenvalue weighted by Gasteiger charge is 2.17. The first kappa shape index (κ1) is 22.4. The maximum atomic E-state index is 13.5. The summed E-state index contributed by atoms with van der Waals surface area (Å²) in [4.78, 5) is 18.2. The molecule has 0 aliphatic rings. The van der Waals surface area contributed by atoms with Gasteiger partial charge in [0.05, 0.1) is 27.7 Å². The number of ether oxygens (including phenoxy) is 1. The van der Waals surface area contributed by atoms with Crippen LogP contribution in [0, 0.1) is 0 Å². The molecular formula is C26H19BrClN3O3. The molecule has 3 aromatic carbocycles. The van der Waals surface area contributed by atoms with Gasteiger partial charge < -0.3 is 9.15 Å². The summed E-state index contributed by atoms with van der Waals surface area (Å²) in [5.74, 6) is 1.31. The van der Waals surface area contributed by atoms with E-state index >= 15 is 0 Å². The Hall–Kier alpha value is -3.42. The molecule has 0 saturated carbocycles. The van der Waals surface area contributed by atoms with Crippen LogP contribution in [0.3, 0.4) is 0 Å². The number of rotatable bonds is 5. The van der Waals surface area contributed by atoms with Crippen LogP contribution in [-0.2, 0) is 0 Å². The fraction of sp³-hybridized carbons (Fsp3) is 0.115. The van der Waals surface area contributed by atoms with E-state index in [2.05, 4.69) is 21.0 Å². The molecule has 5 aromatic rings. The van der Waals surface area contributed by atoms with Gasteiger partial charge in [-0.1, -0.05) is 41.9 Å². The van der Waals surface area contributed by atoms with Crippen molar-refractivity contribution in [2.24, 2.45) is 5.10 Å². The second-order valence-electron chi connectivity index (χ2n) is 7.94. The number of hydrogen-bond donors (Lipinski definition) is 0. The van der Waals surface area contributed by atoms with E-state index in [0.717, 1.165) is 5.39 Å². The maximum Gasteiger partial charge on any atom is 0.282 e. The highest BCUT2D eigenvalue weighted by molar-refractivity contribution is 9.10. The van der Waals surface area contributed by atoms with Crippen LogP contribution in [-0.4, -0.2) is 22.0 Å². The van der Waals surface area contributed by atoms with Crippen LogP contribution in [0.5, 0.6) is 5.75 Å². The molecule has 6 nitrogen and oxygen atoms in total. The number of para-hydroxylation sites is 2. The summed E-state index contributed by atoms with van der Waals surface area (Å²) in [5, 5.41) is 6.38. The van der Waals surface area contributed by atoms with Crippen molar-refractivity contribution in [3.8, 4) is 17.3 Å². The second kappa shape index (κ2) is 9.08. The van der Waals surface area contributed by atoms with Gasteiger partial charge in [-0.15, -0.1) is 0 Å². The minimum atomic E-state index is -0.315. The van der Waals surface area contributed by atoms with E-state index in [4.69, 9.17) is 25.7 Å². The highest BCUT2D eigenvalue weighted by atomic mass is 79.9. The minimum absolute atomic E-state index is 0.0687. The molecule has 0 radical (unpaired) electrons. The van der Waals surface area contributed by atoms with Crippen molar-refractivity contribution in [3.05, 3.63) is 92.1 Å². The van der Waals surface area contributed by atoms with Gasteiger partial charge in [-0.2, -0.15) is 9.78 Å². The topological polar surface area (TPSA) is 69.6 Å². The van der Waals surface area contributed by atoms with E-state index in [1.165, 1.54) is 4.68 Å². The number of aromatic nitrogens is 2. The van der Waals surface area contributed by atoms with Gasteiger partial charge in [0.25, 0.3) is 5.56 Å². The molecular weight excluding hydrogens is 518 g/mol. The van der Waals surface area contributed by atoms with E-state index in [1.54, 1.807) is 36.5 Å². The minimum Gasteiger partial charge on any atom is -0.489 e. The molecule has 0 aliphatic heterocycles. The number of halogens is 2. The first-order valence-corrected chi connectivity index (χ1v) is 11.8. The van der Waals surface area contributed by atoms with E-state index in [9.17, 15) is 4.79 Å². The van der Waals surface area contributed by atoms with Gasteiger partial charge in [-0.05, 0) is 66.2 Å². The predicted molar refractivity (Wildman–Crippen MR) is 139 cm³/mol. The molecule has 8 heteroatoms. The summed E-state index contributed by atoms with van der Waals surface area (Å²) < 4.78 is 13.9. The van der Waals surface area contributed by atoms with Gasteiger partial charge in [0.1, 0.15) is 11.3 Å². The quantitative estimate of drug-likeness (QED) is 0.229. The third-order valence-corrected chi connectivity index (χ3v) is 5.91. The normalized spacial score (nSPS) is 11.8. The summed E-state index contributed by atoms with van der Waals surface area (Å²) in [6.07, 6.45) is 1.47. The number of benzene rings is 3. The number of hydrogen-bond acceptors (Lipinski definition) is 5. The average Bonchev–Trinajstić information content (AvgIpc) is 3.24. The Balaban J connectivity index is 1.72. The molecule has 2 heterocycles. The van der Waals surface area contributed by atoms with Gasteiger partial charge in [-0.3, -0.25) is 4.79 Å². The van der Waals surface area contributed by atoms with Gasteiger partial charge >= 0.3 is 0 Å². The lowest BCUT2D eigenvalue weighted by Gasteiger charge is -2.14. The Bertz CT molecular complexity index is 1590.